The first-order valence-corrected chi connectivity index (χ1v) is 9.30. The lowest BCUT2D eigenvalue weighted by atomic mass is 10.0. The molecule has 7 nitrogen and oxygen atoms in total. The van der Waals surface area contributed by atoms with E-state index in [-0.39, 0.29) is 13.2 Å². The number of esters is 1. The highest BCUT2D eigenvalue weighted by atomic mass is 16.6. The number of benzene rings is 2. The highest BCUT2D eigenvalue weighted by Crippen LogP contribution is 2.19. The molecule has 7 heteroatoms. The van der Waals surface area contributed by atoms with Crippen LogP contribution in [0.4, 0.5) is 4.79 Å². The predicted octanol–water partition coefficient (Wildman–Crippen LogP) is 2.96. The van der Waals surface area contributed by atoms with E-state index in [4.69, 9.17) is 9.47 Å². The van der Waals surface area contributed by atoms with Crippen LogP contribution in [0.25, 0.3) is 0 Å². The van der Waals surface area contributed by atoms with Crippen LogP contribution in [0.1, 0.15) is 48.4 Å². The molecule has 0 radical (unpaired) electrons. The normalized spacial score (nSPS) is 13.3. The molecule has 0 saturated carbocycles. The van der Waals surface area contributed by atoms with Gasteiger partial charge < -0.3 is 25.0 Å². The Bertz CT molecular complexity index is 798. The Kier molecular flexibility index (Phi) is 7.75. The summed E-state index contributed by atoms with van der Waals surface area (Å²) in [7, 11) is 0. The SMILES string of the molecule is CC(C)(C)OC(=O)c1ccc(C(O)C(O)CNC(=O)OCc2ccccc2)cc1. The van der Waals surface area contributed by atoms with E-state index in [1.807, 2.05) is 30.3 Å². The van der Waals surface area contributed by atoms with Crippen LogP contribution in [-0.2, 0) is 16.1 Å². The van der Waals surface area contributed by atoms with Crippen LogP contribution in [0.2, 0.25) is 0 Å². The Morgan fingerprint density at radius 1 is 1.00 bits per heavy atom. The molecule has 29 heavy (non-hydrogen) atoms. The van der Waals surface area contributed by atoms with Crippen molar-refractivity contribution in [3.05, 3.63) is 71.3 Å². The third kappa shape index (κ3) is 7.56. The van der Waals surface area contributed by atoms with Gasteiger partial charge in [-0.05, 0) is 44.0 Å². The van der Waals surface area contributed by atoms with E-state index in [0.29, 0.717) is 11.1 Å². The number of aliphatic hydroxyl groups excluding tert-OH is 2. The van der Waals surface area contributed by atoms with E-state index in [0.717, 1.165) is 5.56 Å². The van der Waals surface area contributed by atoms with Crippen molar-refractivity contribution in [1.82, 2.24) is 5.32 Å². The molecule has 0 aliphatic carbocycles. The minimum absolute atomic E-state index is 0.109. The first-order chi connectivity index (χ1) is 13.7. The maximum Gasteiger partial charge on any atom is 0.407 e. The largest absolute Gasteiger partial charge is 0.456 e. The van der Waals surface area contributed by atoms with Crippen LogP contribution in [0, 0.1) is 0 Å². The van der Waals surface area contributed by atoms with Gasteiger partial charge >= 0.3 is 12.1 Å². The molecule has 2 atom stereocenters. The molecule has 0 fully saturated rings. The third-order valence-corrected chi connectivity index (χ3v) is 3.92. The minimum atomic E-state index is -1.24. The molecule has 0 spiro atoms. The molecule has 0 aliphatic heterocycles. The standard InChI is InChI=1S/C22H27NO6/c1-22(2,3)29-20(26)17-11-9-16(10-12-17)19(25)18(24)13-23-21(27)28-14-15-7-5-4-6-8-15/h4-12,18-19,24-25H,13-14H2,1-3H3,(H,23,27). The average molecular weight is 401 g/mol. The van der Waals surface area contributed by atoms with Gasteiger partial charge in [-0.1, -0.05) is 42.5 Å². The first-order valence-electron chi connectivity index (χ1n) is 9.30. The summed E-state index contributed by atoms with van der Waals surface area (Å²) in [6, 6.07) is 15.3. The maximum absolute atomic E-state index is 12.0. The van der Waals surface area contributed by atoms with Gasteiger partial charge in [0.2, 0.25) is 0 Å². The van der Waals surface area contributed by atoms with E-state index in [9.17, 15) is 19.8 Å². The molecule has 0 aromatic heterocycles. The number of nitrogens with one attached hydrogen (secondary N) is 1. The van der Waals surface area contributed by atoms with Gasteiger partial charge in [0.25, 0.3) is 0 Å². The van der Waals surface area contributed by atoms with Gasteiger partial charge in [-0.2, -0.15) is 0 Å². The summed E-state index contributed by atoms with van der Waals surface area (Å²) >= 11 is 0. The van der Waals surface area contributed by atoms with Gasteiger partial charge in [-0.25, -0.2) is 9.59 Å². The molecule has 3 N–H and O–H groups in total. The number of alkyl carbamates (subject to hydrolysis) is 1. The van der Waals surface area contributed by atoms with Gasteiger partial charge in [0, 0.05) is 6.54 Å². The molecule has 0 bridgehead atoms. The summed E-state index contributed by atoms with van der Waals surface area (Å²) in [5, 5.41) is 22.8. The second-order valence-corrected chi connectivity index (χ2v) is 7.58. The number of hydrogen-bond donors (Lipinski definition) is 3. The second kappa shape index (κ2) is 10.0. The van der Waals surface area contributed by atoms with E-state index < -0.39 is 29.9 Å². The number of ether oxygens (including phenoxy) is 2. The van der Waals surface area contributed by atoms with Crippen LogP contribution >= 0.6 is 0 Å². The van der Waals surface area contributed by atoms with Crippen LogP contribution in [-0.4, -0.2) is 40.5 Å². The fourth-order valence-corrected chi connectivity index (χ4v) is 2.45. The number of rotatable bonds is 7. The van der Waals surface area contributed by atoms with Gasteiger partial charge in [0.05, 0.1) is 5.56 Å². The molecule has 1 amide bonds. The van der Waals surface area contributed by atoms with Gasteiger partial charge in [-0.15, -0.1) is 0 Å². The van der Waals surface area contributed by atoms with Gasteiger partial charge in [0.15, 0.2) is 0 Å². The first kappa shape index (κ1) is 22.4. The molecular weight excluding hydrogens is 374 g/mol. The second-order valence-electron chi connectivity index (χ2n) is 7.58. The Balaban J connectivity index is 1.82. The molecular formula is C22H27NO6. The molecule has 2 rings (SSSR count). The zero-order chi connectivity index (χ0) is 21.4. The Morgan fingerprint density at radius 2 is 1.62 bits per heavy atom. The summed E-state index contributed by atoms with van der Waals surface area (Å²) in [5.74, 6) is -0.470. The van der Waals surface area contributed by atoms with Crippen molar-refractivity contribution >= 4 is 12.1 Å². The number of carbonyl (C=O) groups is 2. The molecule has 0 heterocycles. The van der Waals surface area contributed by atoms with E-state index in [1.54, 1.807) is 20.8 Å². The minimum Gasteiger partial charge on any atom is -0.456 e. The van der Waals surface area contributed by atoms with Crippen LogP contribution in [0.3, 0.4) is 0 Å². The van der Waals surface area contributed by atoms with Crippen molar-refractivity contribution in [2.75, 3.05) is 6.54 Å². The monoisotopic (exact) mass is 401 g/mol. The lowest BCUT2D eigenvalue weighted by Crippen LogP contribution is -2.35. The fraction of sp³-hybridized carbons (Fsp3) is 0.364. The van der Waals surface area contributed by atoms with Gasteiger partial charge in [-0.3, -0.25) is 0 Å². The zero-order valence-corrected chi connectivity index (χ0v) is 16.8. The van der Waals surface area contributed by atoms with Gasteiger partial charge in [0.1, 0.15) is 24.4 Å². The Morgan fingerprint density at radius 3 is 2.21 bits per heavy atom. The van der Waals surface area contributed by atoms with E-state index in [2.05, 4.69) is 5.32 Å². The fourth-order valence-electron chi connectivity index (χ4n) is 2.45. The quantitative estimate of drug-likeness (QED) is 0.616. The average Bonchev–Trinajstić information content (AvgIpc) is 2.69. The van der Waals surface area contributed by atoms with Crippen LogP contribution in [0.15, 0.2) is 54.6 Å². The van der Waals surface area contributed by atoms with Crippen LogP contribution < -0.4 is 5.32 Å². The summed E-state index contributed by atoms with van der Waals surface area (Å²) in [5.41, 5.74) is 0.984. The summed E-state index contributed by atoms with van der Waals surface area (Å²) in [4.78, 5) is 23.8. The molecule has 2 aromatic carbocycles. The number of hydrogen-bond acceptors (Lipinski definition) is 6. The van der Waals surface area contributed by atoms with Crippen molar-refractivity contribution in [3.8, 4) is 0 Å². The molecule has 156 valence electrons. The molecule has 2 unspecified atom stereocenters. The highest BCUT2D eigenvalue weighted by Gasteiger charge is 2.21. The maximum atomic E-state index is 12.0. The van der Waals surface area contributed by atoms with E-state index in [1.165, 1.54) is 24.3 Å². The number of aliphatic hydroxyl groups is 2. The molecule has 0 saturated heterocycles. The Labute approximate surface area is 170 Å². The smallest absolute Gasteiger partial charge is 0.407 e. The van der Waals surface area contributed by atoms with Crippen molar-refractivity contribution in [2.45, 2.75) is 45.2 Å². The number of carbonyl (C=O) groups excluding carboxylic acids is 2. The van der Waals surface area contributed by atoms with E-state index >= 15 is 0 Å². The third-order valence-electron chi connectivity index (χ3n) is 3.92. The highest BCUT2D eigenvalue weighted by molar-refractivity contribution is 5.89. The summed E-state index contributed by atoms with van der Waals surface area (Å²) < 4.78 is 10.3. The van der Waals surface area contributed by atoms with Crippen molar-refractivity contribution in [1.29, 1.82) is 0 Å². The lowest BCUT2D eigenvalue weighted by Gasteiger charge is -2.20. The Hall–Kier alpha value is -2.90. The molecule has 0 aliphatic rings. The predicted molar refractivity (Wildman–Crippen MR) is 107 cm³/mol. The van der Waals surface area contributed by atoms with Crippen molar-refractivity contribution in [3.63, 3.8) is 0 Å². The van der Waals surface area contributed by atoms with Crippen LogP contribution in [0.5, 0.6) is 0 Å². The topological polar surface area (TPSA) is 105 Å². The molecule has 2 aromatic rings. The van der Waals surface area contributed by atoms with Crippen molar-refractivity contribution < 1.29 is 29.3 Å². The number of amides is 1. The summed E-state index contributed by atoms with van der Waals surface area (Å²) in [6.45, 7) is 5.24. The zero-order valence-electron chi connectivity index (χ0n) is 16.8. The lowest BCUT2D eigenvalue weighted by molar-refractivity contribution is 0.00683. The summed E-state index contributed by atoms with van der Waals surface area (Å²) in [6.07, 6.45) is -3.18. The van der Waals surface area contributed by atoms with Crippen molar-refractivity contribution in [2.24, 2.45) is 0 Å².